The van der Waals surface area contributed by atoms with Crippen LogP contribution in [0.4, 0.5) is 8.78 Å². The first-order chi connectivity index (χ1) is 12.1. The van der Waals surface area contributed by atoms with Crippen LogP contribution in [0.3, 0.4) is 0 Å². The van der Waals surface area contributed by atoms with Crippen molar-refractivity contribution in [2.45, 2.75) is 13.5 Å². The predicted octanol–water partition coefficient (Wildman–Crippen LogP) is 3.76. The molecule has 0 fully saturated rings. The van der Waals surface area contributed by atoms with E-state index in [1.54, 1.807) is 0 Å². The van der Waals surface area contributed by atoms with E-state index in [1.165, 1.54) is 11.3 Å². The van der Waals surface area contributed by atoms with Crippen molar-refractivity contribution in [3.05, 3.63) is 64.5 Å². The minimum absolute atomic E-state index is 0.254. The third kappa shape index (κ3) is 3.83. The van der Waals surface area contributed by atoms with Crippen LogP contribution in [0, 0.1) is 11.6 Å². The molecule has 1 aromatic heterocycles. The molecule has 1 heterocycles. The summed E-state index contributed by atoms with van der Waals surface area (Å²) in [6, 6.07) is 10.5. The number of aromatic nitrogens is 1. The van der Waals surface area contributed by atoms with Gasteiger partial charge in [0.1, 0.15) is 11.6 Å². The Hall–Kier alpha value is -2.38. The van der Waals surface area contributed by atoms with Crippen molar-refractivity contribution in [1.82, 2.24) is 4.57 Å². The van der Waals surface area contributed by atoms with Crippen LogP contribution >= 0.6 is 11.3 Å². The molecule has 3 aromatic rings. The molecule has 0 aliphatic heterocycles. The maximum atomic E-state index is 13.8. The minimum atomic E-state index is -0.921. The molecule has 4 nitrogen and oxygen atoms in total. The molecule has 0 aliphatic rings. The lowest BCUT2D eigenvalue weighted by Gasteiger charge is -2.05. The number of amides is 1. The zero-order valence-electron chi connectivity index (χ0n) is 13.5. The summed E-state index contributed by atoms with van der Waals surface area (Å²) < 4.78 is 35.1. The molecule has 1 amide bonds. The van der Waals surface area contributed by atoms with Crippen LogP contribution in [0.2, 0.25) is 0 Å². The lowest BCUT2D eigenvalue weighted by Crippen LogP contribution is -2.20. The van der Waals surface area contributed by atoms with E-state index >= 15 is 0 Å². The summed E-state index contributed by atoms with van der Waals surface area (Å²) in [5.74, 6) is -2.40. The highest BCUT2D eigenvalue weighted by Crippen LogP contribution is 2.17. The lowest BCUT2D eigenvalue weighted by atomic mass is 10.2. The number of fused-ring (bicyclic) bond motifs is 1. The van der Waals surface area contributed by atoms with Gasteiger partial charge < -0.3 is 9.30 Å². The Morgan fingerprint density at radius 1 is 1.24 bits per heavy atom. The van der Waals surface area contributed by atoms with Crippen LogP contribution in [-0.4, -0.2) is 23.7 Å². The van der Waals surface area contributed by atoms with Gasteiger partial charge in [-0.3, -0.25) is 4.79 Å². The molecule has 0 aliphatic carbocycles. The van der Waals surface area contributed by atoms with Gasteiger partial charge in [0.2, 0.25) is 0 Å². The Balaban J connectivity index is 2.05. The van der Waals surface area contributed by atoms with E-state index in [9.17, 15) is 13.6 Å². The SMILES string of the molecule is CCOCCn1c(=NC(=O)c2ccc(F)cc2F)sc2ccccc21. The highest BCUT2D eigenvalue weighted by molar-refractivity contribution is 7.16. The lowest BCUT2D eigenvalue weighted by molar-refractivity contribution is 0.0992. The fraction of sp³-hybridized carbons (Fsp3) is 0.222. The molecule has 0 bridgehead atoms. The first-order valence-corrected chi connectivity index (χ1v) is 8.62. The normalized spacial score (nSPS) is 12.0. The quantitative estimate of drug-likeness (QED) is 0.649. The van der Waals surface area contributed by atoms with Crippen LogP contribution < -0.4 is 4.80 Å². The van der Waals surface area contributed by atoms with Crippen molar-refractivity contribution in [2.75, 3.05) is 13.2 Å². The molecule has 2 aromatic carbocycles. The third-order valence-electron chi connectivity index (χ3n) is 3.61. The van der Waals surface area contributed by atoms with Crippen LogP contribution in [0.25, 0.3) is 10.2 Å². The number of halogens is 2. The number of benzene rings is 2. The Kier molecular flexibility index (Phi) is 5.35. The number of rotatable bonds is 5. The van der Waals surface area contributed by atoms with Crippen molar-refractivity contribution in [1.29, 1.82) is 0 Å². The Labute approximate surface area is 147 Å². The van der Waals surface area contributed by atoms with Crippen LogP contribution in [0.1, 0.15) is 17.3 Å². The number of para-hydroxylation sites is 1. The fourth-order valence-electron chi connectivity index (χ4n) is 2.43. The highest BCUT2D eigenvalue weighted by atomic mass is 32.1. The van der Waals surface area contributed by atoms with E-state index in [-0.39, 0.29) is 5.56 Å². The Morgan fingerprint density at radius 3 is 2.80 bits per heavy atom. The van der Waals surface area contributed by atoms with Crippen LogP contribution in [0.5, 0.6) is 0 Å². The summed E-state index contributed by atoms with van der Waals surface area (Å²) in [6.45, 7) is 3.50. The number of ether oxygens (including phenoxy) is 1. The molecule has 0 saturated carbocycles. The molecule has 3 rings (SSSR count). The second-order valence-corrected chi connectivity index (χ2v) is 6.25. The fourth-order valence-corrected chi connectivity index (χ4v) is 3.49. The number of carbonyl (C=O) groups excluding carboxylic acids is 1. The molecule has 0 N–H and O–H groups in total. The van der Waals surface area contributed by atoms with Gasteiger partial charge in [0, 0.05) is 19.2 Å². The molecule has 25 heavy (non-hydrogen) atoms. The maximum absolute atomic E-state index is 13.8. The molecule has 0 radical (unpaired) electrons. The average Bonchev–Trinajstić information content (AvgIpc) is 2.92. The van der Waals surface area contributed by atoms with Gasteiger partial charge in [0.05, 0.1) is 22.4 Å². The van der Waals surface area contributed by atoms with E-state index in [2.05, 4.69) is 4.99 Å². The maximum Gasteiger partial charge on any atom is 0.282 e. The predicted molar refractivity (Wildman–Crippen MR) is 92.6 cm³/mol. The second-order valence-electron chi connectivity index (χ2n) is 5.24. The molecule has 130 valence electrons. The first-order valence-electron chi connectivity index (χ1n) is 7.80. The van der Waals surface area contributed by atoms with Gasteiger partial charge in [-0.2, -0.15) is 4.99 Å². The van der Waals surface area contributed by atoms with E-state index in [0.717, 1.165) is 22.3 Å². The van der Waals surface area contributed by atoms with Crippen molar-refractivity contribution in [3.8, 4) is 0 Å². The molecular formula is C18H16F2N2O2S. The molecule has 7 heteroatoms. The number of hydrogen-bond donors (Lipinski definition) is 0. The topological polar surface area (TPSA) is 43.6 Å². The summed E-state index contributed by atoms with van der Waals surface area (Å²) >= 11 is 1.34. The molecule has 0 spiro atoms. The van der Waals surface area contributed by atoms with E-state index in [4.69, 9.17) is 4.74 Å². The van der Waals surface area contributed by atoms with Crippen molar-refractivity contribution in [2.24, 2.45) is 4.99 Å². The van der Waals surface area contributed by atoms with Crippen molar-refractivity contribution < 1.29 is 18.3 Å². The monoisotopic (exact) mass is 362 g/mol. The van der Waals surface area contributed by atoms with Crippen LogP contribution in [0.15, 0.2) is 47.5 Å². The van der Waals surface area contributed by atoms with Gasteiger partial charge in [-0.05, 0) is 31.2 Å². The molecule has 0 atom stereocenters. The summed E-state index contributed by atoms with van der Waals surface area (Å²) in [6.07, 6.45) is 0. The van der Waals surface area contributed by atoms with Crippen molar-refractivity contribution >= 4 is 27.5 Å². The zero-order chi connectivity index (χ0) is 17.8. The van der Waals surface area contributed by atoms with Gasteiger partial charge in [0.15, 0.2) is 4.80 Å². The molecule has 0 saturated heterocycles. The highest BCUT2D eigenvalue weighted by Gasteiger charge is 2.13. The number of hydrogen-bond acceptors (Lipinski definition) is 3. The standard InChI is InChI=1S/C18H16F2N2O2S/c1-2-24-10-9-22-15-5-3-4-6-16(15)25-18(22)21-17(23)13-8-7-12(19)11-14(13)20/h3-8,11H,2,9-10H2,1H3. The van der Waals surface area contributed by atoms with Gasteiger partial charge in [0.25, 0.3) is 5.91 Å². The summed E-state index contributed by atoms with van der Waals surface area (Å²) in [5.41, 5.74) is 0.675. The number of thiazole rings is 1. The summed E-state index contributed by atoms with van der Waals surface area (Å²) in [5, 5.41) is 0. The van der Waals surface area contributed by atoms with Gasteiger partial charge in [-0.15, -0.1) is 0 Å². The molecule has 0 unspecified atom stereocenters. The van der Waals surface area contributed by atoms with Gasteiger partial charge >= 0.3 is 0 Å². The third-order valence-corrected chi connectivity index (χ3v) is 4.67. The Bertz CT molecular complexity index is 979. The average molecular weight is 362 g/mol. The molecular weight excluding hydrogens is 346 g/mol. The summed E-state index contributed by atoms with van der Waals surface area (Å²) in [7, 11) is 0. The summed E-state index contributed by atoms with van der Waals surface area (Å²) in [4.78, 5) is 16.9. The first kappa shape index (κ1) is 17.4. The zero-order valence-corrected chi connectivity index (χ0v) is 14.4. The van der Waals surface area contributed by atoms with Gasteiger partial charge in [-0.25, -0.2) is 8.78 Å². The number of carbonyl (C=O) groups is 1. The van der Waals surface area contributed by atoms with Crippen molar-refractivity contribution in [3.63, 3.8) is 0 Å². The van der Waals surface area contributed by atoms with Gasteiger partial charge in [-0.1, -0.05) is 23.5 Å². The minimum Gasteiger partial charge on any atom is -0.380 e. The number of nitrogens with zero attached hydrogens (tertiary/aromatic N) is 2. The second kappa shape index (κ2) is 7.67. The van der Waals surface area contributed by atoms with E-state index < -0.39 is 17.5 Å². The largest absolute Gasteiger partial charge is 0.380 e. The smallest absolute Gasteiger partial charge is 0.282 e. The van der Waals surface area contributed by atoms with E-state index in [1.807, 2.05) is 35.8 Å². The van der Waals surface area contributed by atoms with E-state index in [0.29, 0.717) is 30.6 Å². The Morgan fingerprint density at radius 2 is 2.04 bits per heavy atom. The van der Waals surface area contributed by atoms with Crippen LogP contribution in [-0.2, 0) is 11.3 Å².